The average molecular weight is 258 g/mol. The van der Waals surface area contributed by atoms with Gasteiger partial charge < -0.3 is 10.8 Å². The van der Waals surface area contributed by atoms with Crippen molar-refractivity contribution in [1.82, 2.24) is 4.31 Å². The van der Waals surface area contributed by atoms with Gasteiger partial charge in [0.15, 0.2) is 0 Å². The predicted molar refractivity (Wildman–Crippen MR) is 66.0 cm³/mol. The van der Waals surface area contributed by atoms with E-state index in [-0.39, 0.29) is 18.0 Å². The van der Waals surface area contributed by atoms with Crippen LogP contribution in [0.5, 0.6) is 0 Å². The summed E-state index contributed by atoms with van der Waals surface area (Å²) in [4.78, 5) is 0.247. The zero-order valence-corrected chi connectivity index (χ0v) is 10.9. The van der Waals surface area contributed by atoms with Gasteiger partial charge in [0.2, 0.25) is 10.0 Å². The van der Waals surface area contributed by atoms with E-state index in [4.69, 9.17) is 10.8 Å². The molecule has 3 N–H and O–H groups in total. The maximum atomic E-state index is 12.2. The van der Waals surface area contributed by atoms with Gasteiger partial charge in [-0.2, -0.15) is 4.31 Å². The number of likely N-dealkylation sites (N-methyl/N-ethyl adjacent to an activating group) is 1. The average Bonchev–Trinajstić information content (AvgIpc) is 2.29. The minimum atomic E-state index is -3.55. The van der Waals surface area contributed by atoms with Crippen LogP contribution in [0.4, 0.5) is 0 Å². The second-order valence-corrected chi connectivity index (χ2v) is 5.87. The molecule has 0 aromatic heterocycles. The number of aryl methyl sites for hydroxylation is 1. The number of nitrogens with two attached hydrogens (primary N) is 1. The van der Waals surface area contributed by atoms with E-state index in [0.29, 0.717) is 12.1 Å². The Morgan fingerprint density at radius 2 is 2.06 bits per heavy atom. The highest BCUT2D eigenvalue weighted by atomic mass is 32.2. The number of rotatable bonds is 5. The molecule has 96 valence electrons. The van der Waals surface area contributed by atoms with E-state index in [9.17, 15) is 8.42 Å². The van der Waals surface area contributed by atoms with Crippen molar-refractivity contribution >= 4 is 10.0 Å². The SMILES string of the molecule is Cc1ccc(CN)cc1S(=O)(=O)N(C)CCO. The van der Waals surface area contributed by atoms with E-state index in [1.54, 1.807) is 25.1 Å². The van der Waals surface area contributed by atoms with Crippen LogP contribution >= 0.6 is 0 Å². The van der Waals surface area contributed by atoms with Crippen molar-refractivity contribution in [2.24, 2.45) is 5.73 Å². The molecule has 0 bridgehead atoms. The van der Waals surface area contributed by atoms with Gasteiger partial charge in [-0.05, 0) is 24.1 Å². The number of hydrogen-bond acceptors (Lipinski definition) is 4. The Morgan fingerprint density at radius 3 is 2.59 bits per heavy atom. The highest BCUT2D eigenvalue weighted by Gasteiger charge is 2.22. The number of benzene rings is 1. The molecule has 0 spiro atoms. The number of hydrogen-bond donors (Lipinski definition) is 2. The minimum absolute atomic E-state index is 0.0780. The molecule has 5 nitrogen and oxygen atoms in total. The van der Waals surface area contributed by atoms with Crippen LogP contribution in [-0.2, 0) is 16.6 Å². The molecule has 0 heterocycles. The molecule has 6 heteroatoms. The van der Waals surface area contributed by atoms with Gasteiger partial charge in [0.25, 0.3) is 0 Å². The molecule has 0 aliphatic carbocycles. The van der Waals surface area contributed by atoms with Crippen molar-refractivity contribution in [3.8, 4) is 0 Å². The predicted octanol–water partition coefficient (Wildman–Crippen LogP) is 0.0665. The zero-order valence-electron chi connectivity index (χ0n) is 10.0. The largest absolute Gasteiger partial charge is 0.395 e. The van der Waals surface area contributed by atoms with Crippen molar-refractivity contribution in [2.45, 2.75) is 18.4 Å². The second-order valence-electron chi connectivity index (χ2n) is 3.85. The first-order chi connectivity index (χ1) is 7.93. The van der Waals surface area contributed by atoms with Crippen molar-refractivity contribution in [1.29, 1.82) is 0 Å². The van der Waals surface area contributed by atoms with Gasteiger partial charge in [-0.3, -0.25) is 0 Å². The first-order valence-electron chi connectivity index (χ1n) is 5.30. The van der Waals surface area contributed by atoms with Gasteiger partial charge in [0.05, 0.1) is 11.5 Å². The Hall–Kier alpha value is -0.950. The van der Waals surface area contributed by atoms with E-state index in [2.05, 4.69) is 0 Å². The van der Waals surface area contributed by atoms with Crippen LogP contribution in [0.1, 0.15) is 11.1 Å². The molecule has 1 rings (SSSR count). The molecule has 0 saturated heterocycles. The lowest BCUT2D eigenvalue weighted by Crippen LogP contribution is -2.30. The molecular formula is C11H18N2O3S. The number of aliphatic hydroxyl groups is 1. The fourth-order valence-electron chi connectivity index (χ4n) is 1.48. The first-order valence-corrected chi connectivity index (χ1v) is 6.74. The van der Waals surface area contributed by atoms with Gasteiger partial charge in [-0.15, -0.1) is 0 Å². The molecule has 0 saturated carbocycles. The molecular weight excluding hydrogens is 240 g/mol. The van der Waals surface area contributed by atoms with Crippen molar-refractivity contribution in [2.75, 3.05) is 20.2 Å². The molecule has 17 heavy (non-hydrogen) atoms. The van der Waals surface area contributed by atoms with E-state index < -0.39 is 10.0 Å². The van der Waals surface area contributed by atoms with Gasteiger partial charge in [0, 0.05) is 20.1 Å². The summed E-state index contributed by atoms with van der Waals surface area (Å²) in [6.45, 7) is 1.91. The highest BCUT2D eigenvalue weighted by Crippen LogP contribution is 2.20. The standard InChI is InChI=1S/C11H18N2O3S/c1-9-3-4-10(8-12)7-11(9)17(15,16)13(2)5-6-14/h3-4,7,14H,5-6,8,12H2,1-2H3. The Labute approximate surface area is 102 Å². The molecule has 0 amide bonds. The Kier molecular flexibility index (Phi) is 4.64. The second kappa shape index (κ2) is 5.59. The van der Waals surface area contributed by atoms with E-state index in [1.807, 2.05) is 0 Å². The van der Waals surface area contributed by atoms with Crippen LogP contribution in [-0.4, -0.2) is 38.0 Å². The molecule has 0 aliphatic rings. The van der Waals surface area contributed by atoms with Gasteiger partial charge in [-0.1, -0.05) is 12.1 Å². The smallest absolute Gasteiger partial charge is 0.243 e. The van der Waals surface area contributed by atoms with E-state index in [0.717, 1.165) is 9.87 Å². The summed E-state index contributed by atoms with van der Waals surface area (Å²) in [5.41, 5.74) is 6.94. The lowest BCUT2D eigenvalue weighted by Gasteiger charge is -2.18. The molecule has 0 atom stereocenters. The van der Waals surface area contributed by atoms with E-state index in [1.165, 1.54) is 7.05 Å². The highest BCUT2D eigenvalue weighted by molar-refractivity contribution is 7.89. The number of sulfonamides is 1. The van der Waals surface area contributed by atoms with Crippen LogP contribution < -0.4 is 5.73 Å². The Morgan fingerprint density at radius 1 is 1.41 bits per heavy atom. The summed E-state index contributed by atoms with van der Waals surface area (Å²) >= 11 is 0. The Bertz CT molecular complexity index is 485. The lowest BCUT2D eigenvalue weighted by molar-refractivity contribution is 0.266. The topological polar surface area (TPSA) is 83.6 Å². The number of nitrogens with zero attached hydrogens (tertiary/aromatic N) is 1. The van der Waals surface area contributed by atoms with Gasteiger partial charge in [-0.25, -0.2) is 8.42 Å². The first kappa shape index (κ1) is 14.1. The summed E-state index contributed by atoms with van der Waals surface area (Å²) in [7, 11) is -2.10. The molecule has 0 unspecified atom stereocenters. The monoisotopic (exact) mass is 258 g/mol. The fraction of sp³-hybridized carbons (Fsp3) is 0.455. The lowest BCUT2D eigenvalue weighted by atomic mass is 10.1. The number of aliphatic hydroxyl groups excluding tert-OH is 1. The summed E-state index contributed by atoms with van der Waals surface area (Å²) in [6, 6.07) is 5.13. The zero-order chi connectivity index (χ0) is 13.1. The van der Waals surface area contributed by atoms with E-state index >= 15 is 0 Å². The maximum absolute atomic E-state index is 12.2. The quantitative estimate of drug-likeness (QED) is 0.782. The molecule has 0 radical (unpaired) electrons. The maximum Gasteiger partial charge on any atom is 0.243 e. The molecule has 0 aliphatic heterocycles. The summed E-state index contributed by atoms with van der Waals surface area (Å²) < 4.78 is 25.5. The summed E-state index contributed by atoms with van der Waals surface area (Å²) in [6.07, 6.45) is 0. The normalized spacial score (nSPS) is 12.1. The van der Waals surface area contributed by atoms with Crippen LogP contribution in [0.2, 0.25) is 0 Å². The van der Waals surface area contributed by atoms with Gasteiger partial charge >= 0.3 is 0 Å². The third-order valence-corrected chi connectivity index (χ3v) is 4.59. The van der Waals surface area contributed by atoms with Crippen LogP contribution in [0.15, 0.2) is 23.1 Å². The van der Waals surface area contributed by atoms with Crippen molar-refractivity contribution in [3.05, 3.63) is 29.3 Å². The summed E-state index contributed by atoms with van der Waals surface area (Å²) in [5.74, 6) is 0. The third-order valence-electron chi connectivity index (χ3n) is 2.59. The van der Waals surface area contributed by atoms with Crippen molar-refractivity contribution in [3.63, 3.8) is 0 Å². The minimum Gasteiger partial charge on any atom is -0.395 e. The third kappa shape index (κ3) is 3.04. The van der Waals surface area contributed by atoms with Crippen LogP contribution in [0.25, 0.3) is 0 Å². The Balaban J connectivity index is 3.22. The summed E-state index contributed by atoms with van der Waals surface area (Å²) in [5, 5.41) is 8.79. The molecule has 1 aromatic carbocycles. The molecule has 1 aromatic rings. The molecule has 0 fully saturated rings. The van der Waals surface area contributed by atoms with Crippen LogP contribution in [0.3, 0.4) is 0 Å². The van der Waals surface area contributed by atoms with Crippen molar-refractivity contribution < 1.29 is 13.5 Å². The van der Waals surface area contributed by atoms with Gasteiger partial charge in [0.1, 0.15) is 0 Å². The van der Waals surface area contributed by atoms with Crippen LogP contribution in [0, 0.1) is 6.92 Å². The fourth-order valence-corrected chi connectivity index (χ4v) is 2.91.